The average Bonchev–Trinajstić information content (AvgIpc) is 2.91. The Morgan fingerprint density at radius 1 is 0.976 bits per heavy atom. The Hall–Kier alpha value is -3.50. The van der Waals surface area contributed by atoms with Crippen LogP contribution in [0.1, 0.15) is 31.9 Å². The van der Waals surface area contributed by atoms with E-state index in [-0.39, 0.29) is 30.0 Å². The van der Waals surface area contributed by atoms with E-state index in [0.29, 0.717) is 38.2 Å². The van der Waals surface area contributed by atoms with Crippen LogP contribution in [0.2, 0.25) is 0 Å². The van der Waals surface area contributed by atoms with Crippen LogP contribution in [0, 0.1) is 17.7 Å². The Morgan fingerprint density at radius 2 is 1.73 bits per heavy atom. The maximum absolute atomic E-state index is 13.9. The Balaban J connectivity index is 1.90. The first-order chi connectivity index (χ1) is 19.5. The van der Waals surface area contributed by atoms with E-state index in [9.17, 15) is 18.8 Å². The van der Waals surface area contributed by atoms with Crippen LogP contribution in [0.5, 0.6) is 5.75 Å². The largest absolute Gasteiger partial charge is 0.492 e. The molecule has 9 nitrogen and oxygen atoms in total. The van der Waals surface area contributed by atoms with Crippen molar-refractivity contribution in [3.8, 4) is 5.75 Å². The van der Waals surface area contributed by atoms with Gasteiger partial charge in [0.1, 0.15) is 30.3 Å². The van der Waals surface area contributed by atoms with Crippen molar-refractivity contribution in [2.75, 3.05) is 40.3 Å². The molecule has 1 aliphatic heterocycles. The van der Waals surface area contributed by atoms with E-state index >= 15 is 0 Å². The van der Waals surface area contributed by atoms with E-state index in [1.54, 1.807) is 12.1 Å². The smallest absolute Gasteiger partial charge is 0.243 e. The molecule has 10 heteroatoms. The predicted molar refractivity (Wildman–Crippen MR) is 157 cm³/mol. The van der Waals surface area contributed by atoms with Gasteiger partial charge in [0, 0.05) is 19.6 Å². The van der Waals surface area contributed by atoms with Crippen molar-refractivity contribution in [3.05, 3.63) is 65.5 Å². The minimum Gasteiger partial charge on any atom is -0.492 e. The van der Waals surface area contributed by atoms with Crippen molar-refractivity contribution in [2.45, 2.75) is 51.7 Å². The number of carbonyl (C=O) groups excluding carboxylic acids is 3. The number of nitrogens with one attached hydrogen (secondary N) is 4. The minimum atomic E-state index is -0.877. The third-order valence-electron chi connectivity index (χ3n) is 6.99. The molecule has 0 aliphatic carbocycles. The molecule has 2 aromatic carbocycles. The van der Waals surface area contributed by atoms with Gasteiger partial charge in [0.25, 0.3) is 0 Å². The number of ether oxygens (including phenoxy) is 1. The molecule has 0 spiro atoms. The Morgan fingerprint density at radius 3 is 2.44 bits per heavy atom. The average molecular weight is 570 g/mol. The molecule has 1 aliphatic rings. The molecule has 0 unspecified atom stereocenters. The normalized spacial score (nSPS) is 23.5. The number of halogens is 1. The van der Waals surface area contributed by atoms with Crippen molar-refractivity contribution < 1.29 is 23.5 Å². The van der Waals surface area contributed by atoms with Crippen LogP contribution in [-0.2, 0) is 27.2 Å². The van der Waals surface area contributed by atoms with Gasteiger partial charge in [-0.25, -0.2) is 4.39 Å². The number of fused-ring (bicyclic) bond motifs is 1. The second kappa shape index (κ2) is 15.5. The van der Waals surface area contributed by atoms with E-state index < -0.39 is 29.9 Å². The van der Waals surface area contributed by atoms with E-state index in [1.807, 2.05) is 57.1 Å². The number of rotatable bonds is 5. The third kappa shape index (κ3) is 10.1. The number of amides is 3. The van der Waals surface area contributed by atoms with E-state index in [2.05, 4.69) is 28.2 Å². The summed E-state index contributed by atoms with van der Waals surface area (Å²) < 4.78 is 20.0. The van der Waals surface area contributed by atoms with Gasteiger partial charge in [0.05, 0.1) is 6.04 Å². The molecule has 224 valence electrons. The number of carbonyl (C=O) groups is 3. The number of para-hydroxylation sites is 1. The Labute approximate surface area is 242 Å². The topological polar surface area (TPSA) is 112 Å². The summed E-state index contributed by atoms with van der Waals surface area (Å²) in [4.78, 5) is 42.0. The third-order valence-corrected chi connectivity index (χ3v) is 6.99. The first kappa shape index (κ1) is 32.0. The van der Waals surface area contributed by atoms with Gasteiger partial charge in [-0.2, -0.15) is 0 Å². The Bertz CT molecular complexity index is 1170. The minimum absolute atomic E-state index is 0.120. The Kier molecular flexibility index (Phi) is 12.1. The van der Waals surface area contributed by atoms with Gasteiger partial charge in [-0.15, -0.1) is 0 Å². The first-order valence-corrected chi connectivity index (χ1v) is 14.2. The lowest BCUT2D eigenvalue weighted by Crippen LogP contribution is -2.60. The molecule has 0 saturated heterocycles. The van der Waals surface area contributed by atoms with Crippen LogP contribution in [0.25, 0.3) is 0 Å². The second-order valence-corrected chi connectivity index (χ2v) is 11.4. The standard InChI is InChI=1S/C31H44FN5O4/c1-20(2)28-31(40)35-26(19-37(4)5)29(38)34-18-21(3)15-23-10-6-7-12-27(23)41-14-13-33-25(30(39)36-28)17-22-9-8-11-24(32)16-22/h6-12,16,20-21,25-26,28,33H,13-15,17-19H2,1-5H3,(H,34,38)(H,35,40)(H,36,39)/t21-,25-,26+,28-/m1/s1. The molecular weight excluding hydrogens is 525 g/mol. The SMILES string of the molecule is CC(C)[C@H]1NC(=O)[C@@H](Cc2cccc(F)c2)NCCOc2ccccc2C[C@@H](C)CNC(=O)[C@H](CN(C)C)NC1=O. The molecular formula is C31H44FN5O4. The van der Waals surface area contributed by atoms with Gasteiger partial charge in [-0.3, -0.25) is 14.4 Å². The summed E-state index contributed by atoms with van der Waals surface area (Å²) in [5, 5.41) is 12.0. The highest BCUT2D eigenvalue weighted by molar-refractivity contribution is 5.93. The van der Waals surface area contributed by atoms with Gasteiger partial charge in [-0.05, 0) is 68.1 Å². The summed E-state index contributed by atoms with van der Waals surface area (Å²) in [6.07, 6.45) is 0.907. The zero-order valence-electron chi connectivity index (χ0n) is 24.7. The molecule has 0 saturated carbocycles. The number of hydrogen-bond acceptors (Lipinski definition) is 6. The van der Waals surface area contributed by atoms with E-state index in [4.69, 9.17) is 4.74 Å². The number of hydrogen-bond donors (Lipinski definition) is 4. The molecule has 0 bridgehead atoms. The van der Waals surface area contributed by atoms with Gasteiger partial charge in [0.2, 0.25) is 17.7 Å². The number of likely N-dealkylation sites (N-methyl/N-ethyl adjacent to an activating group) is 1. The molecule has 3 amide bonds. The van der Waals surface area contributed by atoms with E-state index in [0.717, 1.165) is 11.3 Å². The van der Waals surface area contributed by atoms with Crippen molar-refractivity contribution >= 4 is 17.7 Å². The van der Waals surface area contributed by atoms with Crippen molar-refractivity contribution in [3.63, 3.8) is 0 Å². The van der Waals surface area contributed by atoms with Crippen LogP contribution in [0.15, 0.2) is 48.5 Å². The van der Waals surface area contributed by atoms with Crippen LogP contribution < -0.4 is 26.0 Å². The lowest BCUT2D eigenvalue weighted by atomic mass is 9.99. The van der Waals surface area contributed by atoms with Gasteiger partial charge < -0.3 is 30.9 Å². The maximum atomic E-state index is 13.9. The summed E-state index contributed by atoms with van der Waals surface area (Å²) in [7, 11) is 3.66. The highest BCUT2D eigenvalue weighted by Crippen LogP contribution is 2.21. The van der Waals surface area contributed by atoms with Crippen molar-refractivity contribution in [1.29, 1.82) is 0 Å². The lowest BCUT2D eigenvalue weighted by molar-refractivity contribution is -0.133. The zero-order chi connectivity index (χ0) is 29.9. The number of nitrogens with zero attached hydrogens (tertiary/aromatic N) is 1. The van der Waals surface area contributed by atoms with Crippen LogP contribution in [-0.4, -0.2) is 81.1 Å². The molecule has 0 radical (unpaired) electrons. The summed E-state index contributed by atoms with van der Waals surface area (Å²) in [5.74, 6) is -0.890. The van der Waals surface area contributed by atoms with Crippen molar-refractivity contribution in [1.82, 2.24) is 26.2 Å². The highest BCUT2D eigenvalue weighted by atomic mass is 19.1. The van der Waals surface area contributed by atoms with Gasteiger partial charge >= 0.3 is 0 Å². The van der Waals surface area contributed by atoms with Crippen LogP contribution >= 0.6 is 0 Å². The zero-order valence-corrected chi connectivity index (χ0v) is 24.7. The molecule has 41 heavy (non-hydrogen) atoms. The predicted octanol–water partition coefficient (Wildman–Crippen LogP) is 1.90. The summed E-state index contributed by atoms with van der Waals surface area (Å²) in [6, 6.07) is 11.4. The van der Waals surface area contributed by atoms with Crippen LogP contribution in [0.4, 0.5) is 4.39 Å². The summed E-state index contributed by atoms with van der Waals surface area (Å²) in [5.41, 5.74) is 1.66. The molecule has 3 rings (SSSR count). The molecule has 0 aromatic heterocycles. The molecule has 4 N–H and O–H groups in total. The summed E-state index contributed by atoms with van der Waals surface area (Å²) >= 11 is 0. The molecule has 1 heterocycles. The molecule has 4 atom stereocenters. The molecule has 0 fully saturated rings. The second-order valence-electron chi connectivity index (χ2n) is 11.4. The fourth-order valence-corrected chi connectivity index (χ4v) is 4.82. The van der Waals surface area contributed by atoms with Crippen LogP contribution in [0.3, 0.4) is 0 Å². The van der Waals surface area contributed by atoms with Gasteiger partial charge in [0.15, 0.2) is 0 Å². The fraction of sp³-hybridized carbons (Fsp3) is 0.516. The fourth-order valence-electron chi connectivity index (χ4n) is 4.82. The quantitative estimate of drug-likeness (QED) is 0.438. The highest BCUT2D eigenvalue weighted by Gasteiger charge is 2.31. The first-order valence-electron chi connectivity index (χ1n) is 14.2. The number of benzene rings is 2. The van der Waals surface area contributed by atoms with Crippen molar-refractivity contribution in [2.24, 2.45) is 11.8 Å². The maximum Gasteiger partial charge on any atom is 0.243 e. The lowest BCUT2D eigenvalue weighted by Gasteiger charge is -2.29. The monoisotopic (exact) mass is 569 g/mol. The molecule has 2 aromatic rings. The van der Waals surface area contributed by atoms with E-state index in [1.165, 1.54) is 12.1 Å². The summed E-state index contributed by atoms with van der Waals surface area (Å²) in [6.45, 7) is 7.11. The van der Waals surface area contributed by atoms with Gasteiger partial charge in [-0.1, -0.05) is 51.1 Å².